The normalized spacial score (nSPS) is 10.6. The molecule has 0 atom stereocenters. The van der Waals surface area contributed by atoms with Crippen molar-refractivity contribution >= 4 is 6.09 Å². The van der Waals surface area contributed by atoms with E-state index in [2.05, 4.69) is 5.32 Å². The Morgan fingerprint density at radius 3 is 2.09 bits per heavy atom. The van der Waals surface area contributed by atoms with Crippen LogP contribution in [0, 0.1) is 11.8 Å². The molecule has 0 unspecified atom stereocenters. The minimum absolute atomic E-state index is 0.224. The number of ether oxygens (including phenoxy) is 1. The summed E-state index contributed by atoms with van der Waals surface area (Å²) < 4.78 is 40.9. The van der Waals surface area contributed by atoms with Gasteiger partial charge in [-0.2, -0.15) is 13.2 Å². The lowest BCUT2D eigenvalue weighted by atomic mass is 10.1. The van der Waals surface area contributed by atoms with E-state index >= 15 is 0 Å². The highest BCUT2D eigenvalue weighted by molar-refractivity contribution is 5.67. The quantitative estimate of drug-likeness (QED) is 0.802. The van der Waals surface area contributed by atoms with E-state index in [0.29, 0.717) is 0 Å². The van der Waals surface area contributed by atoms with E-state index in [0.717, 1.165) is 5.56 Å². The molecule has 3 nitrogen and oxygen atoms in total. The lowest BCUT2D eigenvalue weighted by molar-refractivity contribution is -0.0696. The van der Waals surface area contributed by atoms with Crippen molar-refractivity contribution in [3.63, 3.8) is 0 Å². The van der Waals surface area contributed by atoms with E-state index in [-0.39, 0.29) is 12.1 Å². The fourth-order valence-electron chi connectivity index (χ4n) is 1.34. The fourth-order valence-corrected chi connectivity index (χ4v) is 1.34. The van der Waals surface area contributed by atoms with E-state index < -0.39 is 17.9 Å². The van der Waals surface area contributed by atoms with Gasteiger partial charge in [0.2, 0.25) is 0 Å². The third-order valence-electron chi connectivity index (χ3n) is 2.14. The van der Waals surface area contributed by atoms with Crippen LogP contribution in [0.2, 0.25) is 0 Å². The maximum Gasteiger partial charge on any atom is 0.458 e. The maximum absolute atomic E-state index is 11.9. The largest absolute Gasteiger partial charge is 0.458 e. The van der Waals surface area contributed by atoms with Crippen LogP contribution in [0.1, 0.15) is 45.7 Å². The smallest absolute Gasteiger partial charge is 0.444 e. The molecule has 1 N–H and O–H groups in total. The molecule has 0 fully saturated rings. The molecule has 128 valence electrons. The Bertz CT molecular complexity index is 546. The summed E-state index contributed by atoms with van der Waals surface area (Å²) in [6.07, 6.45) is -5.06. The van der Waals surface area contributed by atoms with Gasteiger partial charge in [-0.3, -0.25) is 0 Å². The van der Waals surface area contributed by atoms with E-state index in [4.69, 9.17) is 4.74 Å². The van der Waals surface area contributed by atoms with Crippen molar-refractivity contribution in [2.45, 2.75) is 52.9 Å². The molecule has 0 radical (unpaired) electrons. The summed E-state index contributed by atoms with van der Waals surface area (Å²) in [4.78, 5) is 11.4. The number of alkyl halides is 3. The molecule has 0 heterocycles. The van der Waals surface area contributed by atoms with Crippen molar-refractivity contribution in [2.24, 2.45) is 0 Å². The van der Waals surface area contributed by atoms with Gasteiger partial charge in [0.05, 0.1) is 0 Å². The Labute approximate surface area is 135 Å². The number of amides is 1. The van der Waals surface area contributed by atoms with E-state index in [9.17, 15) is 18.0 Å². The average Bonchev–Trinajstić information content (AvgIpc) is 2.43. The Kier molecular flexibility index (Phi) is 8.23. The molecule has 1 aromatic rings. The highest BCUT2D eigenvalue weighted by Gasteiger charge is 2.22. The highest BCUT2D eigenvalue weighted by Crippen LogP contribution is 2.13. The molecule has 1 aromatic carbocycles. The third-order valence-corrected chi connectivity index (χ3v) is 2.14. The molecular weight excluding hydrogens is 307 g/mol. The van der Waals surface area contributed by atoms with Crippen molar-refractivity contribution < 1.29 is 22.7 Å². The van der Waals surface area contributed by atoms with Gasteiger partial charge < -0.3 is 10.1 Å². The molecule has 0 aliphatic heterocycles. The zero-order chi connectivity index (χ0) is 18.1. The van der Waals surface area contributed by atoms with Gasteiger partial charge in [0.1, 0.15) is 5.60 Å². The summed E-state index contributed by atoms with van der Waals surface area (Å²) >= 11 is 0. The lowest BCUT2D eigenvalue weighted by Gasteiger charge is -2.19. The van der Waals surface area contributed by atoms with Crippen LogP contribution in [0.3, 0.4) is 0 Å². The molecular formula is C17H22F3NO2. The van der Waals surface area contributed by atoms with Crippen LogP contribution >= 0.6 is 0 Å². The number of alkyl carbamates (subject to hydrolysis) is 1. The minimum atomic E-state index is -4.50. The van der Waals surface area contributed by atoms with Crippen molar-refractivity contribution in [3.8, 4) is 11.8 Å². The SMILES string of the molecule is CC.CC(C)(C)OC(=O)NCc1ccc(C#CC(F)(F)F)cc1. The second-order valence-corrected chi connectivity index (χ2v) is 5.30. The third kappa shape index (κ3) is 11.1. The van der Waals surface area contributed by atoms with Crippen LogP contribution in [-0.4, -0.2) is 17.9 Å². The van der Waals surface area contributed by atoms with Crippen molar-refractivity contribution in [1.29, 1.82) is 0 Å². The zero-order valence-corrected chi connectivity index (χ0v) is 14.0. The molecule has 1 amide bonds. The molecule has 1 rings (SSSR count). The molecule has 0 bridgehead atoms. The number of hydrogen-bond donors (Lipinski definition) is 1. The Morgan fingerprint density at radius 1 is 1.13 bits per heavy atom. The molecule has 0 aliphatic rings. The number of rotatable bonds is 2. The van der Waals surface area contributed by atoms with E-state index in [1.165, 1.54) is 18.1 Å². The first-order valence-corrected chi connectivity index (χ1v) is 7.21. The van der Waals surface area contributed by atoms with Crippen molar-refractivity contribution in [1.82, 2.24) is 5.32 Å². The monoisotopic (exact) mass is 329 g/mol. The second-order valence-electron chi connectivity index (χ2n) is 5.30. The summed E-state index contributed by atoms with van der Waals surface area (Å²) in [6, 6.07) is 6.12. The Balaban J connectivity index is 0.00000232. The Hall–Kier alpha value is -2.16. The van der Waals surface area contributed by atoms with Gasteiger partial charge in [0.25, 0.3) is 0 Å². The van der Waals surface area contributed by atoms with Gasteiger partial charge in [-0.15, -0.1) is 0 Å². The molecule has 0 aromatic heterocycles. The summed E-state index contributed by atoms with van der Waals surface area (Å²) in [7, 11) is 0. The summed E-state index contributed by atoms with van der Waals surface area (Å²) in [5.74, 6) is 3.21. The molecule has 23 heavy (non-hydrogen) atoms. The first kappa shape index (κ1) is 20.8. The highest BCUT2D eigenvalue weighted by atomic mass is 19.4. The number of carbonyl (C=O) groups is 1. The van der Waals surface area contributed by atoms with Crippen molar-refractivity contribution in [3.05, 3.63) is 35.4 Å². The van der Waals surface area contributed by atoms with Crippen LogP contribution in [0.5, 0.6) is 0 Å². The molecule has 0 aliphatic carbocycles. The number of nitrogens with one attached hydrogen (secondary N) is 1. The minimum Gasteiger partial charge on any atom is -0.444 e. The van der Waals surface area contributed by atoms with Crippen LogP contribution in [-0.2, 0) is 11.3 Å². The van der Waals surface area contributed by atoms with Crippen molar-refractivity contribution in [2.75, 3.05) is 0 Å². The topological polar surface area (TPSA) is 38.3 Å². The average molecular weight is 329 g/mol. The second kappa shape index (κ2) is 9.09. The van der Waals surface area contributed by atoms with Crippen LogP contribution in [0.25, 0.3) is 0 Å². The predicted molar refractivity (Wildman–Crippen MR) is 83.8 cm³/mol. The molecule has 0 saturated carbocycles. The first-order chi connectivity index (χ1) is 10.6. The van der Waals surface area contributed by atoms with Gasteiger partial charge in [0.15, 0.2) is 0 Å². The molecule has 0 saturated heterocycles. The molecule has 6 heteroatoms. The maximum atomic E-state index is 11.9. The van der Waals surface area contributed by atoms with Gasteiger partial charge in [-0.1, -0.05) is 31.9 Å². The standard InChI is InChI=1S/C15H16F3NO2.C2H6/c1-14(2,3)21-13(20)19-10-12-6-4-11(5-7-12)8-9-15(16,17)18;1-2/h4-7H,10H2,1-3H3,(H,19,20);1-2H3. The fraction of sp³-hybridized carbons (Fsp3) is 0.471. The Morgan fingerprint density at radius 2 is 1.65 bits per heavy atom. The predicted octanol–water partition coefficient (Wildman–Crippen LogP) is 4.65. The van der Waals surface area contributed by atoms with Crippen LogP contribution in [0.15, 0.2) is 24.3 Å². The van der Waals surface area contributed by atoms with Gasteiger partial charge in [-0.25, -0.2) is 4.79 Å². The number of hydrogen-bond acceptors (Lipinski definition) is 2. The van der Waals surface area contributed by atoms with Crippen LogP contribution in [0.4, 0.5) is 18.0 Å². The molecule has 0 spiro atoms. The first-order valence-electron chi connectivity index (χ1n) is 7.21. The zero-order valence-electron chi connectivity index (χ0n) is 14.0. The van der Waals surface area contributed by atoms with E-state index in [1.807, 2.05) is 19.8 Å². The number of carbonyl (C=O) groups excluding carboxylic acids is 1. The summed E-state index contributed by atoms with van der Waals surface area (Å²) in [6.45, 7) is 9.48. The van der Waals surface area contributed by atoms with E-state index in [1.54, 1.807) is 32.9 Å². The number of benzene rings is 1. The number of halogens is 3. The van der Waals surface area contributed by atoms with Gasteiger partial charge >= 0.3 is 12.3 Å². The summed E-state index contributed by atoms with van der Waals surface area (Å²) in [5.41, 5.74) is 0.410. The van der Waals surface area contributed by atoms with Gasteiger partial charge in [-0.05, 0) is 38.5 Å². The van der Waals surface area contributed by atoms with Crippen LogP contribution < -0.4 is 5.32 Å². The summed E-state index contributed by atoms with van der Waals surface area (Å²) in [5, 5.41) is 2.55. The van der Waals surface area contributed by atoms with Gasteiger partial charge in [0, 0.05) is 18.0 Å². The lowest BCUT2D eigenvalue weighted by Crippen LogP contribution is -2.32.